The monoisotopic (exact) mass is 335 g/mol. The van der Waals surface area contributed by atoms with E-state index in [-0.39, 0.29) is 17.2 Å². The minimum Gasteiger partial charge on any atom is -0.508 e. The van der Waals surface area contributed by atoms with Gasteiger partial charge < -0.3 is 15.4 Å². The standard InChI is InChI=1S/C19H14FN3O2/c1-10-16(22-9-21-10)8-13-18-15(23-19(13)25)6-5-14(20)17(18)11-3-2-4-12(24)7-11/h2-9,24H,1H3,(H,21,22)(H,23,25)/b13-8-. The van der Waals surface area contributed by atoms with E-state index in [1.165, 1.54) is 30.6 Å². The number of nitrogens with zero attached hydrogens (tertiary/aromatic N) is 1. The van der Waals surface area contributed by atoms with Crippen LogP contribution in [-0.2, 0) is 4.79 Å². The fraction of sp³-hybridized carbons (Fsp3) is 0.0526. The zero-order chi connectivity index (χ0) is 17.6. The zero-order valence-corrected chi connectivity index (χ0v) is 13.3. The minimum atomic E-state index is -0.465. The fourth-order valence-electron chi connectivity index (χ4n) is 3.01. The van der Waals surface area contributed by atoms with Crippen LogP contribution in [0.3, 0.4) is 0 Å². The van der Waals surface area contributed by atoms with E-state index in [4.69, 9.17) is 0 Å². The molecule has 0 unspecified atom stereocenters. The number of phenols is 1. The lowest BCUT2D eigenvalue weighted by Gasteiger charge is -2.10. The van der Waals surface area contributed by atoms with Gasteiger partial charge in [-0.1, -0.05) is 12.1 Å². The van der Waals surface area contributed by atoms with Crippen LogP contribution in [0.15, 0.2) is 42.7 Å². The zero-order valence-electron chi connectivity index (χ0n) is 13.3. The number of fused-ring (bicyclic) bond motifs is 1. The van der Waals surface area contributed by atoms with E-state index in [2.05, 4.69) is 15.3 Å². The number of halogens is 1. The lowest BCUT2D eigenvalue weighted by Crippen LogP contribution is -2.03. The second kappa shape index (κ2) is 5.59. The first kappa shape index (κ1) is 15.1. The number of aromatic amines is 1. The van der Waals surface area contributed by atoms with Crippen LogP contribution in [0.2, 0.25) is 0 Å². The summed E-state index contributed by atoms with van der Waals surface area (Å²) in [7, 11) is 0. The van der Waals surface area contributed by atoms with E-state index in [1.807, 2.05) is 6.92 Å². The summed E-state index contributed by atoms with van der Waals surface area (Å²) in [6.07, 6.45) is 3.20. The van der Waals surface area contributed by atoms with Crippen molar-refractivity contribution < 1.29 is 14.3 Å². The van der Waals surface area contributed by atoms with Gasteiger partial charge >= 0.3 is 0 Å². The molecule has 2 heterocycles. The molecule has 6 heteroatoms. The molecule has 2 aromatic carbocycles. The van der Waals surface area contributed by atoms with Gasteiger partial charge in [-0.15, -0.1) is 0 Å². The molecule has 0 bridgehead atoms. The molecule has 4 rings (SSSR count). The number of aromatic hydroxyl groups is 1. The van der Waals surface area contributed by atoms with Crippen LogP contribution >= 0.6 is 0 Å². The van der Waals surface area contributed by atoms with Gasteiger partial charge in [-0.2, -0.15) is 0 Å². The van der Waals surface area contributed by atoms with Crippen molar-refractivity contribution >= 4 is 23.2 Å². The third kappa shape index (κ3) is 2.48. The Balaban J connectivity index is 1.98. The molecule has 5 nitrogen and oxygen atoms in total. The molecule has 0 saturated carbocycles. The first-order chi connectivity index (χ1) is 12.0. The van der Waals surface area contributed by atoms with Gasteiger partial charge in [0.2, 0.25) is 0 Å². The van der Waals surface area contributed by atoms with Crippen LogP contribution < -0.4 is 5.32 Å². The Kier molecular flexibility index (Phi) is 3.39. The van der Waals surface area contributed by atoms with Gasteiger partial charge in [0.25, 0.3) is 5.91 Å². The van der Waals surface area contributed by atoms with Crippen LogP contribution in [-0.4, -0.2) is 21.0 Å². The molecule has 3 N–H and O–H groups in total. The SMILES string of the molecule is Cc1nc[nH]c1/C=C1\C(=O)Nc2ccc(F)c(-c3cccc(O)c3)c21. The molecule has 25 heavy (non-hydrogen) atoms. The summed E-state index contributed by atoms with van der Waals surface area (Å²) in [6.45, 7) is 1.82. The Hall–Kier alpha value is -3.41. The minimum absolute atomic E-state index is 0.0294. The molecule has 3 aromatic rings. The summed E-state index contributed by atoms with van der Waals surface area (Å²) in [5, 5.41) is 12.5. The number of anilines is 1. The molecular formula is C19H14FN3O2. The summed E-state index contributed by atoms with van der Waals surface area (Å²) >= 11 is 0. The summed E-state index contributed by atoms with van der Waals surface area (Å²) < 4.78 is 14.7. The first-order valence-electron chi connectivity index (χ1n) is 7.70. The lowest BCUT2D eigenvalue weighted by atomic mass is 9.93. The van der Waals surface area contributed by atoms with Crippen molar-refractivity contribution in [3.63, 3.8) is 0 Å². The predicted octanol–water partition coefficient (Wildman–Crippen LogP) is 3.72. The van der Waals surface area contributed by atoms with Gasteiger partial charge in [-0.3, -0.25) is 4.79 Å². The number of carbonyl (C=O) groups is 1. The Morgan fingerprint density at radius 3 is 2.76 bits per heavy atom. The normalized spacial score (nSPS) is 14.6. The van der Waals surface area contributed by atoms with Gasteiger partial charge in [0, 0.05) is 16.8 Å². The molecule has 1 aliphatic heterocycles. The highest BCUT2D eigenvalue weighted by Crippen LogP contribution is 2.42. The highest BCUT2D eigenvalue weighted by atomic mass is 19.1. The van der Waals surface area contributed by atoms with Crippen LogP contribution in [0.1, 0.15) is 17.0 Å². The maximum atomic E-state index is 14.7. The van der Waals surface area contributed by atoms with Gasteiger partial charge in [0.05, 0.1) is 23.3 Å². The molecule has 0 radical (unpaired) electrons. The van der Waals surface area contributed by atoms with Crippen LogP contribution in [0.25, 0.3) is 22.8 Å². The maximum Gasteiger partial charge on any atom is 0.256 e. The van der Waals surface area contributed by atoms with Gasteiger partial charge in [0.1, 0.15) is 11.6 Å². The number of aryl methyl sites for hydroxylation is 1. The highest BCUT2D eigenvalue weighted by Gasteiger charge is 2.29. The number of rotatable bonds is 2. The molecule has 0 atom stereocenters. The predicted molar refractivity (Wildman–Crippen MR) is 93.3 cm³/mol. The van der Waals surface area contributed by atoms with E-state index < -0.39 is 5.82 Å². The van der Waals surface area contributed by atoms with Crippen LogP contribution in [0.4, 0.5) is 10.1 Å². The van der Waals surface area contributed by atoms with Crippen molar-refractivity contribution in [2.75, 3.05) is 5.32 Å². The number of H-pyrrole nitrogens is 1. The van der Waals surface area contributed by atoms with Crippen LogP contribution in [0, 0.1) is 12.7 Å². The number of imidazole rings is 1. The Morgan fingerprint density at radius 1 is 1.20 bits per heavy atom. The number of phenolic OH excluding ortho intramolecular Hbond substituents is 1. The van der Waals surface area contributed by atoms with E-state index >= 15 is 0 Å². The van der Waals surface area contributed by atoms with Gasteiger partial charge in [-0.05, 0) is 42.8 Å². The summed E-state index contributed by atoms with van der Waals surface area (Å²) in [6, 6.07) is 9.16. The molecule has 1 aliphatic rings. The van der Waals surface area contributed by atoms with E-state index in [9.17, 15) is 14.3 Å². The maximum absolute atomic E-state index is 14.7. The Labute approximate surface area is 142 Å². The van der Waals surface area contributed by atoms with Crippen molar-refractivity contribution in [1.82, 2.24) is 9.97 Å². The second-order valence-corrected chi connectivity index (χ2v) is 5.81. The van der Waals surface area contributed by atoms with Crippen molar-refractivity contribution in [2.24, 2.45) is 0 Å². The first-order valence-corrected chi connectivity index (χ1v) is 7.70. The topological polar surface area (TPSA) is 78.0 Å². The summed E-state index contributed by atoms with van der Waals surface area (Å²) in [5.41, 5.74) is 3.55. The number of carbonyl (C=O) groups excluding carboxylic acids is 1. The summed E-state index contributed by atoms with van der Waals surface area (Å²) in [5.74, 6) is -0.745. The molecule has 124 valence electrons. The number of benzene rings is 2. The highest BCUT2D eigenvalue weighted by molar-refractivity contribution is 6.36. The van der Waals surface area contributed by atoms with Gasteiger partial charge in [-0.25, -0.2) is 9.37 Å². The molecule has 0 fully saturated rings. The Morgan fingerprint density at radius 2 is 2.04 bits per heavy atom. The lowest BCUT2D eigenvalue weighted by molar-refractivity contribution is -0.110. The molecular weight excluding hydrogens is 321 g/mol. The van der Waals surface area contributed by atoms with Crippen molar-refractivity contribution in [2.45, 2.75) is 6.92 Å². The van der Waals surface area contributed by atoms with Crippen molar-refractivity contribution in [3.05, 3.63) is 65.5 Å². The largest absolute Gasteiger partial charge is 0.508 e. The Bertz CT molecular complexity index is 1040. The van der Waals surface area contributed by atoms with E-state index in [0.29, 0.717) is 28.1 Å². The number of aromatic nitrogens is 2. The third-order valence-corrected chi connectivity index (χ3v) is 4.21. The number of hydrogen-bond donors (Lipinski definition) is 3. The van der Waals surface area contributed by atoms with Crippen LogP contribution in [0.5, 0.6) is 5.75 Å². The summed E-state index contributed by atoms with van der Waals surface area (Å²) in [4.78, 5) is 19.5. The van der Waals surface area contributed by atoms with E-state index in [1.54, 1.807) is 18.2 Å². The molecule has 0 spiro atoms. The van der Waals surface area contributed by atoms with E-state index in [0.717, 1.165) is 5.69 Å². The number of hydrogen-bond acceptors (Lipinski definition) is 3. The van der Waals surface area contributed by atoms with Crippen molar-refractivity contribution in [3.8, 4) is 16.9 Å². The van der Waals surface area contributed by atoms with Gasteiger partial charge in [0.15, 0.2) is 0 Å². The fourth-order valence-corrected chi connectivity index (χ4v) is 3.01. The average molecular weight is 335 g/mol. The molecule has 0 aliphatic carbocycles. The smallest absolute Gasteiger partial charge is 0.256 e. The van der Waals surface area contributed by atoms with Crippen molar-refractivity contribution in [1.29, 1.82) is 0 Å². The average Bonchev–Trinajstić information content (AvgIpc) is 3.12. The molecule has 0 saturated heterocycles. The second-order valence-electron chi connectivity index (χ2n) is 5.81. The third-order valence-electron chi connectivity index (χ3n) is 4.21. The quantitative estimate of drug-likeness (QED) is 0.625. The molecule has 1 aromatic heterocycles. The molecule has 1 amide bonds. The number of amides is 1. The number of nitrogens with one attached hydrogen (secondary N) is 2.